The Bertz CT molecular complexity index is 2700. The van der Waals surface area contributed by atoms with Crippen molar-refractivity contribution >= 4 is 47.8 Å². The van der Waals surface area contributed by atoms with Gasteiger partial charge in [0.25, 0.3) is 0 Å². The third-order valence-electron chi connectivity index (χ3n) is 28.2. The number of hydrogen-bond donors (Lipinski definition) is 0. The van der Waals surface area contributed by atoms with Gasteiger partial charge in [0.1, 0.15) is 35.1 Å². The zero-order chi connectivity index (χ0) is 70.1. The van der Waals surface area contributed by atoms with E-state index >= 15 is 0 Å². The van der Waals surface area contributed by atoms with Gasteiger partial charge in [0.15, 0.2) is 13.2 Å². The first-order chi connectivity index (χ1) is 45.1. The van der Waals surface area contributed by atoms with E-state index in [-0.39, 0.29) is 174 Å². The van der Waals surface area contributed by atoms with Gasteiger partial charge in [-0.15, -0.1) is 0 Å². The normalized spacial score (nSPS) is 33.8. The predicted octanol–water partition coefficient (Wildman–Crippen LogP) is 21.7. The summed E-state index contributed by atoms with van der Waals surface area (Å²) in [5, 5.41) is 0. The zero-order valence-corrected chi connectivity index (χ0v) is 62.4. The van der Waals surface area contributed by atoms with Crippen LogP contribution in [0.1, 0.15) is 356 Å². The van der Waals surface area contributed by atoms with Crippen LogP contribution in [-0.4, -0.2) is 96.1 Å². The number of carbonyl (C=O) groups excluding carboxylic acids is 8. The summed E-state index contributed by atoms with van der Waals surface area (Å²) in [4.78, 5) is 98.4. The molecule has 15 saturated carbocycles. The molecule has 15 aliphatic rings. The van der Waals surface area contributed by atoms with Gasteiger partial charge in [-0.25, -0.2) is 9.59 Å². The molecule has 608 valence electrons. The molecule has 0 spiro atoms. The van der Waals surface area contributed by atoms with E-state index in [1.807, 2.05) is 83.1 Å². The fourth-order valence-electron chi connectivity index (χ4n) is 20.7. The highest BCUT2D eigenvalue weighted by Gasteiger charge is 2.61. The minimum atomic E-state index is -0.550. The first-order valence-corrected chi connectivity index (χ1v) is 38.7. The van der Waals surface area contributed by atoms with Crippen molar-refractivity contribution in [3.8, 4) is 0 Å². The van der Waals surface area contributed by atoms with Gasteiger partial charge < -0.3 is 37.9 Å². The van der Waals surface area contributed by atoms with Gasteiger partial charge in [-0.1, -0.05) is 108 Å². The maximum atomic E-state index is 12.9. The summed E-state index contributed by atoms with van der Waals surface area (Å²) < 4.78 is 45.6. The summed E-state index contributed by atoms with van der Waals surface area (Å²) in [6, 6.07) is 0. The van der Waals surface area contributed by atoms with E-state index in [2.05, 4.69) is 27.7 Å². The number of rotatable bonds is 23. The lowest BCUT2D eigenvalue weighted by molar-refractivity contribution is -0.214. The van der Waals surface area contributed by atoms with E-state index in [9.17, 15) is 38.4 Å². The molecule has 15 fully saturated rings. The molecule has 0 amide bonds. The molecule has 7 unspecified atom stereocenters. The van der Waals surface area contributed by atoms with Crippen molar-refractivity contribution < 1.29 is 76.3 Å². The van der Waals surface area contributed by atoms with Crippen LogP contribution in [0, 0.1) is 110 Å². The van der Waals surface area contributed by atoms with Crippen LogP contribution in [0.25, 0.3) is 0 Å². The molecule has 16 nitrogen and oxygen atoms in total. The second kappa shape index (κ2) is 38.9. The maximum Gasteiger partial charge on any atom is 0.344 e. The molecule has 15 aliphatic carbocycles. The molecule has 0 aliphatic heterocycles. The largest absolute Gasteiger partial charge is 0.465 e. The first kappa shape index (κ1) is 97.8. The van der Waals surface area contributed by atoms with Crippen molar-refractivity contribution in [2.45, 2.75) is 385 Å². The average molecular weight is 1470 g/mol. The first-order valence-electron chi connectivity index (χ1n) is 38.7. The summed E-state index contributed by atoms with van der Waals surface area (Å²) in [6.45, 7) is 31.0. The fraction of sp³-hybridized carbons (Fsp3) is 0.909. The van der Waals surface area contributed by atoms with Gasteiger partial charge in [0.2, 0.25) is 0 Å². The van der Waals surface area contributed by atoms with Crippen molar-refractivity contribution in [3.05, 3.63) is 0 Å². The molecule has 104 heavy (non-hydrogen) atoms. The van der Waals surface area contributed by atoms with E-state index in [1.165, 1.54) is 83.5 Å². The van der Waals surface area contributed by atoms with Crippen LogP contribution >= 0.6 is 0 Å². The molecule has 0 aromatic carbocycles. The summed E-state index contributed by atoms with van der Waals surface area (Å²) in [5.74, 6) is 6.62. The predicted molar refractivity (Wildman–Crippen MR) is 419 cm³/mol. The monoisotopic (exact) mass is 1470 g/mol. The van der Waals surface area contributed by atoms with Crippen molar-refractivity contribution in [1.29, 1.82) is 0 Å². The Morgan fingerprint density at radius 1 is 0.404 bits per heavy atom. The summed E-state index contributed by atoms with van der Waals surface area (Å²) in [6.07, 6.45) is 30.2. The SMILES string of the molecule is C.C.C.C.C.C.C.C.CCC(C)(C)C(=O)OCC(=O)OC1(C)C2CC3CC(C2)CC1C3.CCC(C)(C)C(=O)OCC(=O)OC1(CC)C2CC3CC(C2)CC1C3.CCC(C)(C)C(=O)OCCC(=O)OC12CC3CC(CC(C3)C1C)C2.CCC1(OC(=O)C2CC3CC(OC(=O)C(C)(C)CC)C2C3)CCCC1. The Labute approximate surface area is 636 Å². The Hall–Kier alpha value is -4.24. The standard InChI is InChI=1S/C21H34O4.2C20H32O4.C19H30O4.8CH4/c1-5-20(3,4)19(23)24-17-13-14-11-15(17)16(12-14)18(22)25-21(6-2)9-7-8-10-21;1-5-19(3,4)18(22)23-7-6-17(21)24-20-11-14-8-15(12-20)10-16(9-14)13(20)2;1-5-19(3,4)18(22)23-12-17(21)24-20(6-2)15-8-13-7-14(10-15)11-16(20)9-13;1-5-18(2,3)17(21)22-11-16(20)23-19(4)14-7-12-6-13(9-14)10-15(19)8-12;;;;;;;;/h14-17H,5-13H2,1-4H3;2*13-16H,5-12H2,1-4H3;12-15H,5-11H2,1-4H3;8*1H4. The topological polar surface area (TPSA) is 210 Å². The van der Waals surface area contributed by atoms with Crippen LogP contribution in [0.5, 0.6) is 0 Å². The number of carbonyl (C=O) groups is 8. The molecular formula is C88H160O16. The van der Waals surface area contributed by atoms with Crippen LogP contribution < -0.4 is 0 Å². The van der Waals surface area contributed by atoms with Crippen molar-refractivity contribution in [2.75, 3.05) is 19.8 Å². The fourth-order valence-corrected chi connectivity index (χ4v) is 20.7. The van der Waals surface area contributed by atoms with Gasteiger partial charge in [0.05, 0.1) is 34.0 Å². The van der Waals surface area contributed by atoms with E-state index in [4.69, 9.17) is 37.9 Å². The lowest BCUT2D eigenvalue weighted by Crippen LogP contribution is -2.59. The summed E-state index contributed by atoms with van der Waals surface area (Å²) >= 11 is 0. The minimum absolute atomic E-state index is 0. The summed E-state index contributed by atoms with van der Waals surface area (Å²) in [7, 11) is 0. The Balaban J connectivity index is 0.000000676. The average Bonchev–Trinajstić information content (AvgIpc) is 1.04. The van der Waals surface area contributed by atoms with Crippen LogP contribution in [0.2, 0.25) is 0 Å². The molecule has 0 aromatic rings. The number of ether oxygens (including phenoxy) is 8. The number of esters is 8. The van der Waals surface area contributed by atoms with Gasteiger partial charge in [0, 0.05) is 5.92 Å². The molecular weight excluding hydrogens is 1310 g/mol. The number of fused-ring (bicyclic) bond motifs is 2. The molecule has 16 heteroatoms. The van der Waals surface area contributed by atoms with Crippen LogP contribution in [0.4, 0.5) is 0 Å². The van der Waals surface area contributed by atoms with E-state index in [1.54, 1.807) is 0 Å². The van der Waals surface area contributed by atoms with Gasteiger partial charge in [-0.05, 0) is 319 Å². The van der Waals surface area contributed by atoms with Crippen LogP contribution in [-0.2, 0) is 76.3 Å². The highest BCUT2D eigenvalue weighted by Crippen LogP contribution is 2.63. The lowest BCUT2D eigenvalue weighted by Gasteiger charge is -2.60. The van der Waals surface area contributed by atoms with Gasteiger partial charge in [-0.3, -0.25) is 28.8 Å². The van der Waals surface area contributed by atoms with Crippen molar-refractivity contribution in [3.63, 3.8) is 0 Å². The van der Waals surface area contributed by atoms with E-state index in [0.717, 1.165) is 125 Å². The second-order valence-electron chi connectivity index (χ2n) is 35.9. The smallest absolute Gasteiger partial charge is 0.344 e. The Morgan fingerprint density at radius 2 is 0.798 bits per heavy atom. The summed E-state index contributed by atoms with van der Waals surface area (Å²) in [5.41, 5.74) is -3.16. The van der Waals surface area contributed by atoms with E-state index < -0.39 is 21.7 Å². The molecule has 14 bridgehead atoms. The molecule has 0 aromatic heterocycles. The molecule has 7 atom stereocenters. The lowest BCUT2D eigenvalue weighted by atomic mass is 9.49. The molecule has 0 heterocycles. The minimum Gasteiger partial charge on any atom is -0.465 e. The molecule has 0 N–H and O–H groups in total. The number of hydrogen-bond acceptors (Lipinski definition) is 16. The quantitative estimate of drug-likeness (QED) is 0.0688. The highest BCUT2D eigenvalue weighted by atomic mass is 16.6. The zero-order valence-electron chi connectivity index (χ0n) is 62.4. The third-order valence-corrected chi connectivity index (χ3v) is 28.2. The molecule has 0 saturated heterocycles. The van der Waals surface area contributed by atoms with Crippen molar-refractivity contribution in [1.82, 2.24) is 0 Å². The van der Waals surface area contributed by atoms with Crippen LogP contribution in [0.3, 0.4) is 0 Å². The van der Waals surface area contributed by atoms with Crippen molar-refractivity contribution in [2.24, 2.45) is 110 Å². The third kappa shape index (κ3) is 21.4. The van der Waals surface area contributed by atoms with Gasteiger partial charge >= 0.3 is 47.8 Å². The maximum absolute atomic E-state index is 12.9. The highest BCUT2D eigenvalue weighted by molar-refractivity contribution is 5.81. The Kier molecular flexibility index (Phi) is 36.6. The van der Waals surface area contributed by atoms with Gasteiger partial charge in [-0.2, -0.15) is 0 Å². The Morgan fingerprint density at radius 3 is 1.21 bits per heavy atom. The molecule has 0 radical (unpaired) electrons. The van der Waals surface area contributed by atoms with Crippen LogP contribution in [0.15, 0.2) is 0 Å². The molecule has 15 rings (SSSR count). The van der Waals surface area contributed by atoms with E-state index in [0.29, 0.717) is 48.3 Å². The second-order valence-corrected chi connectivity index (χ2v) is 35.9.